The molecule has 114 valence electrons. The van der Waals surface area contributed by atoms with Gasteiger partial charge in [-0.2, -0.15) is 13.2 Å². The molecule has 3 nitrogen and oxygen atoms in total. The van der Waals surface area contributed by atoms with Crippen LogP contribution < -0.4 is 0 Å². The fourth-order valence-electron chi connectivity index (χ4n) is 2.20. The average molecular weight is 299 g/mol. The third-order valence-electron chi connectivity index (χ3n) is 3.40. The second kappa shape index (κ2) is 6.30. The number of carbonyl (C=O) groups excluding carboxylic acids is 1. The molecule has 0 N–H and O–H groups in total. The van der Waals surface area contributed by atoms with Crippen molar-refractivity contribution in [3.8, 4) is 0 Å². The largest absolute Gasteiger partial charge is 0.416 e. The number of halogens is 3. The van der Waals surface area contributed by atoms with E-state index >= 15 is 0 Å². The Kier molecular flexibility index (Phi) is 4.67. The lowest BCUT2D eigenvalue weighted by Crippen LogP contribution is -2.28. The van der Waals surface area contributed by atoms with Gasteiger partial charge in [0.2, 0.25) is 5.91 Å². The number of alkyl halides is 3. The molecule has 1 heterocycles. The molecule has 0 radical (unpaired) electrons. The summed E-state index contributed by atoms with van der Waals surface area (Å²) in [7, 11) is 0. The Bertz CT molecular complexity index is 511. The van der Waals surface area contributed by atoms with Gasteiger partial charge in [-0.3, -0.25) is 4.79 Å². The van der Waals surface area contributed by atoms with E-state index in [0.717, 1.165) is 18.6 Å². The maximum Gasteiger partial charge on any atom is 0.416 e. The van der Waals surface area contributed by atoms with Crippen LogP contribution in [0.5, 0.6) is 0 Å². The SMILES string of the molecule is C=CC(=O)N1CC[C@H](OCc2ccc(C(F)(F)F)cc2)C1. The van der Waals surface area contributed by atoms with Crippen molar-refractivity contribution in [2.45, 2.75) is 25.3 Å². The first-order valence-corrected chi connectivity index (χ1v) is 6.59. The first kappa shape index (κ1) is 15.6. The molecule has 0 aliphatic carbocycles. The van der Waals surface area contributed by atoms with Crippen LogP contribution in [0.15, 0.2) is 36.9 Å². The summed E-state index contributed by atoms with van der Waals surface area (Å²) < 4.78 is 42.9. The number of hydrogen-bond donors (Lipinski definition) is 0. The minimum atomic E-state index is -4.32. The van der Waals surface area contributed by atoms with Gasteiger partial charge >= 0.3 is 6.18 Å². The van der Waals surface area contributed by atoms with E-state index < -0.39 is 11.7 Å². The van der Waals surface area contributed by atoms with Crippen molar-refractivity contribution in [2.75, 3.05) is 13.1 Å². The van der Waals surface area contributed by atoms with E-state index in [1.807, 2.05) is 0 Å². The molecule has 0 saturated carbocycles. The van der Waals surface area contributed by atoms with Crippen molar-refractivity contribution in [3.05, 3.63) is 48.0 Å². The van der Waals surface area contributed by atoms with Gasteiger partial charge in [0.1, 0.15) is 0 Å². The number of hydrogen-bond acceptors (Lipinski definition) is 2. The van der Waals surface area contributed by atoms with Crippen LogP contribution in [0.2, 0.25) is 0 Å². The highest BCUT2D eigenvalue weighted by atomic mass is 19.4. The molecule has 1 fully saturated rings. The Balaban J connectivity index is 1.84. The monoisotopic (exact) mass is 299 g/mol. The van der Waals surface area contributed by atoms with Crippen molar-refractivity contribution in [1.82, 2.24) is 4.90 Å². The van der Waals surface area contributed by atoms with Gasteiger partial charge in [-0.25, -0.2) is 0 Å². The van der Waals surface area contributed by atoms with Gasteiger partial charge < -0.3 is 9.64 Å². The normalized spacial score (nSPS) is 18.8. The quantitative estimate of drug-likeness (QED) is 0.800. The number of likely N-dealkylation sites (tertiary alicyclic amines) is 1. The second-order valence-corrected chi connectivity index (χ2v) is 4.90. The van der Waals surface area contributed by atoms with Crippen LogP contribution >= 0.6 is 0 Å². The molecule has 21 heavy (non-hydrogen) atoms. The van der Waals surface area contributed by atoms with Gasteiger partial charge in [0.25, 0.3) is 0 Å². The van der Waals surface area contributed by atoms with Gasteiger partial charge in [0.15, 0.2) is 0 Å². The molecule has 1 aromatic rings. The molecule has 1 saturated heterocycles. The minimum Gasteiger partial charge on any atom is -0.372 e. The summed E-state index contributed by atoms with van der Waals surface area (Å²) in [5, 5.41) is 0. The molecule has 1 atom stereocenters. The zero-order valence-electron chi connectivity index (χ0n) is 11.4. The van der Waals surface area contributed by atoms with Crippen LogP contribution in [0.25, 0.3) is 0 Å². The molecule has 0 aromatic heterocycles. The molecular weight excluding hydrogens is 283 g/mol. The Morgan fingerprint density at radius 2 is 2.05 bits per heavy atom. The van der Waals surface area contributed by atoms with E-state index in [-0.39, 0.29) is 18.6 Å². The van der Waals surface area contributed by atoms with Crippen LogP contribution in [0.3, 0.4) is 0 Å². The maximum atomic E-state index is 12.4. The average Bonchev–Trinajstić information content (AvgIpc) is 2.92. The molecule has 1 aliphatic rings. The highest BCUT2D eigenvalue weighted by molar-refractivity contribution is 5.87. The Hall–Kier alpha value is -1.82. The van der Waals surface area contributed by atoms with Crippen molar-refractivity contribution < 1.29 is 22.7 Å². The molecule has 0 unspecified atom stereocenters. The van der Waals surface area contributed by atoms with Gasteiger partial charge in [-0.15, -0.1) is 0 Å². The lowest BCUT2D eigenvalue weighted by Gasteiger charge is -2.15. The van der Waals surface area contributed by atoms with E-state index in [1.54, 1.807) is 4.90 Å². The lowest BCUT2D eigenvalue weighted by molar-refractivity contribution is -0.137. The van der Waals surface area contributed by atoms with Crippen LogP contribution in [-0.4, -0.2) is 30.0 Å². The number of rotatable bonds is 4. The van der Waals surface area contributed by atoms with E-state index in [4.69, 9.17) is 4.74 Å². The molecule has 0 spiro atoms. The molecule has 2 rings (SSSR count). The number of benzene rings is 1. The molecule has 1 aromatic carbocycles. The van der Waals surface area contributed by atoms with Crippen LogP contribution in [0, 0.1) is 0 Å². The molecular formula is C15H16F3NO2. The smallest absolute Gasteiger partial charge is 0.372 e. The van der Waals surface area contributed by atoms with Crippen LogP contribution in [0.1, 0.15) is 17.5 Å². The Morgan fingerprint density at radius 1 is 1.38 bits per heavy atom. The molecule has 1 amide bonds. The minimum absolute atomic E-state index is 0.0869. The zero-order chi connectivity index (χ0) is 15.5. The van der Waals surface area contributed by atoms with Crippen molar-refractivity contribution in [1.29, 1.82) is 0 Å². The molecule has 0 bridgehead atoms. The van der Waals surface area contributed by atoms with E-state index in [0.29, 0.717) is 18.7 Å². The number of carbonyl (C=O) groups is 1. The van der Waals surface area contributed by atoms with Crippen LogP contribution in [-0.2, 0) is 22.3 Å². The van der Waals surface area contributed by atoms with E-state index in [2.05, 4.69) is 6.58 Å². The number of nitrogens with zero attached hydrogens (tertiary/aromatic N) is 1. The first-order chi connectivity index (χ1) is 9.90. The van der Waals surface area contributed by atoms with Crippen LogP contribution in [0.4, 0.5) is 13.2 Å². The maximum absolute atomic E-state index is 12.4. The third-order valence-corrected chi connectivity index (χ3v) is 3.40. The summed E-state index contributed by atoms with van der Waals surface area (Å²) in [6.07, 6.45) is -2.43. The topological polar surface area (TPSA) is 29.5 Å². The Labute approximate surface area is 121 Å². The lowest BCUT2D eigenvalue weighted by atomic mass is 10.1. The van der Waals surface area contributed by atoms with Gasteiger partial charge in [-0.05, 0) is 30.2 Å². The summed E-state index contributed by atoms with van der Waals surface area (Å²) in [4.78, 5) is 13.1. The fourth-order valence-corrected chi connectivity index (χ4v) is 2.20. The third kappa shape index (κ3) is 4.07. The number of amides is 1. The summed E-state index contributed by atoms with van der Waals surface area (Å²) in [5.41, 5.74) is 0.00590. The summed E-state index contributed by atoms with van der Waals surface area (Å²) >= 11 is 0. The standard InChI is InChI=1S/C15H16F3NO2/c1-2-14(20)19-8-7-13(9-19)21-10-11-3-5-12(6-4-11)15(16,17)18/h2-6,13H,1,7-10H2/t13-/m0/s1. The van der Waals surface area contributed by atoms with E-state index in [9.17, 15) is 18.0 Å². The highest BCUT2D eigenvalue weighted by Gasteiger charge is 2.30. The predicted octanol–water partition coefficient (Wildman–Crippen LogP) is 3.01. The van der Waals surface area contributed by atoms with E-state index in [1.165, 1.54) is 18.2 Å². The van der Waals surface area contributed by atoms with Crippen molar-refractivity contribution >= 4 is 5.91 Å². The van der Waals surface area contributed by atoms with Gasteiger partial charge in [0.05, 0.1) is 18.3 Å². The number of ether oxygens (including phenoxy) is 1. The van der Waals surface area contributed by atoms with Crippen molar-refractivity contribution in [3.63, 3.8) is 0 Å². The highest BCUT2D eigenvalue weighted by Crippen LogP contribution is 2.29. The van der Waals surface area contributed by atoms with Gasteiger partial charge in [-0.1, -0.05) is 18.7 Å². The Morgan fingerprint density at radius 3 is 2.62 bits per heavy atom. The molecule has 6 heteroatoms. The molecule has 1 aliphatic heterocycles. The fraction of sp³-hybridized carbons (Fsp3) is 0.400. The van der Waals surface area contributed by atoms with Crippen molar-refractivity contribution in [2.24, 2.45) is 0 Å². The second-order valence-electron chi connectivity index (χ2n) is 4.90. The summed E-state index contributed by atoms with van der Waals surface area (Å²) in [5.74, 6) is -0.129. The summed E-state index contributed by atoms with van der Waals surface area (Å²) in [6.45, 7) is 4.77. The first-order valence-electron chi connectivity index (χ1n) is 6.59. The summed E-state index contributed by atoms with van der Waals surface area (Å²) in [6, 6.07) is 4.90. The van der Waals surface area contributed by atoms with Gasteiger partial charge in [0, 0.05) is 13.1 Å². The predicted molar refractivity (Wildman–Crippen MR) is 71.4 cm³/mol. The zero-order valence-corrected chi connectivity index (χ0v) is 11.4.